The summed E-state index contributed by atoms with van der Waals surface area (Å²) in [7, 11) is 0. The van der Waals surface area contributed by atoms with E-state index in [2.05, 4.69) is 17.4 Å². The first-order valence-electron chi connectivity index (χ1n) is 7.42. The normalized spacial score (nSPS) is 24.9. The number of carbonyl (C=O) groups excluding carboxylic acids is 1. The molecule has 3 nitrogen and oxygen atoms in total. The molecule has 1 aromatic rings. The number of rotatable bonds is 3. The van der Waals surface area contributed by atoms with Gasteiger partial charge in [-0.2, -0.15) is 0 Å². The van der Waals surface area contributed by atoms with Gasteiger partial charge in [0.1, 0.15) is 6.17 Å². The Kier molecular flexibility index (Phi) is 3.83. The van der Waals surface area contributed by atoms with Gasteiger partial charge >= 0.3 is 0 Å². The van der Waals surface area contributed by atoms with Gasteiger partial charge in [-0.25, -0.2) is 0 Å². The molecule has 1 saturated heterocycles. The van der Waals surface area contributed by atoms with Crippen LogP contribution < -0.4 is 5.32 Å². The number of nitrogens with one attached hydrogen (secondary N) is 1. The van der Waals surface area contributed by atoms with Crippen LogP contribution >= 0.6 is 0 Å². The fourth-order valence-corrected chi connectivity index (χ4v) is 3.33. The molecule has 0 spiro atoms. The van der Waals surface area contributed by atoms with Crippen LogP contribution in [0, 0.1) is 5.92 Å². The maximum Gasteiger partial charge on any atom is 0.238 e. The molecule has 1 N–H and O–H groups in total. The molecule has 1 atom stereocenters. The number of benzene rings is 1. The fourth-order valence-electron chi connectivity index (χ4n) is 3.33. The van der Waals surface area contributed by atoms with Crippen LogP contribution in [0.2, 0.25) is 0 Å². The van der Waals surface area contributed by atoms with E-state index in [1.54, 1.807) is 0 Å². The molecule has 0 aromatic heterocycles. The van der Waals surface area contributed by atoms with Gasteiger partial charge in [0, 0.05) is 6.54 Å². The molecular weight excluding hydrogens is 236 g/mol. The highest BCUT2D eigenvalue weighted by molar-refractivity contribution is 5.80. The standard InChI is InChI=1S/C16H22N2O/c19-15-11-17-16(14-9-5-2-6-10-14)18(15)12-13-7-3-1-4-8-13/h2,5-6,9-10,13,16-17H,1,3-4,7-8,11-12H2. The number of hydrogen-bond donors (Lipinski definition) is 1. The van der Waals surface area contributed by atoms with E-state index in [1.807, 2.05) is 23.1 Å². The summed E-state index contributed by atoms with van der Waals surface area (Å²) in [5.74, 6) is 0.947. The summed E-state index contributed by atoms with van der Waals surface area (Å²) in [4.78, 5) is 14.1. The summed E-state index contributed by atoms with van der Waals surface area (Å²) in [6, 6.07) is 10.3. The summed E-state index contributed by atoms with van der Waals surface area (Å²) in [5.41, 5.74) is 1.20. The van der Waals surface area contributed by atoms with Crippen LogP contribution in [0.1, 0.15) is 43.8 Å². The Morgan fingerprint density at radius 2 is 1.84 bits per heavy atom. The minimum atomic E-state index is 0.0793. The van der Waals surface area contributed by atoms with Gasteiger partial charge in [0.25, 0.3) is 0 Å². The second-order valence-electron chi connectivity index (χ2n) is 5.74. The Balaban J connectivity index is 1.71. The van der Waals surface area contributed by atoms with Gasteiger partial charge in [-0.05, 0) is 24.3 Å². The van der Waals surface area contributed by atoms with Gasteiger partial charge in [0.2, 0.25) is 5.91 Å². The molecule has 102 valence electrons. The molecule has 1 aliphatic carbocycles. The SMILES string of the molecule is O=C1CNC(c2ccccc2)N1CC1CCCCC1. The van der Waals surface area contributed by atoms with Gasteiger partial charge < -0.3 is 4.90 Å². The second kappa shape index (κ2) is 5.74. The number of amides is 1. The van der Waals surface area contributed by atoms with Crippen molar-refractivity contribution in [2.45, 2.75) is 38.3 Å². The first kappa shape index (κ1) is 12.7. The van der Waals surface area contributed by atoms with E-state index in [0.29, 0.717) is 12.5 Å². The Morgan fingerprint density at radius 1 is 1.11 bits per heavy atom. The zero-order valence-electron chi connectivity index (χ0n) is 11.3. The van der Waals surface area contributed by atoms with Crippen LogP contribution in [0.25, 0.3) is 0 Å². The lowest BCUT2D eigenvalue weighted by Gasteiger charge is -2.30. The minimum absolute atomic E-state index is 0.0793. The quantitative estimate of drug-likeness (QED) is 0.904. The highest BCUT2D eigenvalue weighted by atomic mass is 16.2. The Morgan fingerprint density at radius 3 is 2.58 bits per heavy atom. The largest absolute Gasteiger partial charge is 0.322 e. The average molecular weight is 258 g/mol. The van der Waals surface area contributed by atoms with Crippen molar-refractivity contribution in [1.29, 1.82) is 0 Å². The van der Waals surface area contributed by atoms with Gasteiger partial charge in [0.15, 0.2) is 0 Å². The van der Waals surface area contributed by atoms with Gasteiger partial charge in [-0.1, -0.05) is 49.6 Å². The molecular formula is C16H22N2O. The molecule has 3 rings (SSSR count). The van der Waals surface area contributed by atoms with Crippen molar-refractivity contribution in [3.05, 3.63) is 35.9 Å². The van der Waals surface area contributed by atoms with Crippen molar-refractivity contribution >= 4 is 5.91 Å². The van der Waals surface area contributed by atoms with Crippen LogP contribution in [0.4, 0.5) is 0 Å². The topological polar surface area (TPSA) is 32.3 Å². The maximum absolute atomic E-state index is 12.1. The third kappa shape index (κ3) is 2.81. The molecule has 1 aliphatic heterocycles. The molecule has 1 saturated carbocycles. The van der Waals surface area contributed by atoms with Crippen LogP contribution in [0.5, 0.6) is 0 Å². The molecule has 1 amide bonds. The lowest BCUT2D eigenvalue weighted by atomic mass is 9.89. The van der Waals surface area contributed by atoms with Gasteiger partial charge in [-0.15, -0.1) is 0 Å². The third-order valence-electron chi connectivity index (χ3n) is 4.37. The van der Waals surface area contributed by atoms with Crippen molar-refractivity contribution in [3.8, 4) is 0 Å². The van der Waals surface area contributed by atoms with Crippen LogP contribution in [0.15, 0.2) is 30.3 Å². The Bertz CT molecular complexity index is 426. The van der Waals surface area contributed by atoms with Crippen LogP contribution in [-0.2, 0) is 4.79 Å². The summed E-state index contributed by atoms with van der Waals surface area (Å²) < 4.78 is 0. The fraction of sp³-hybridized carbons (Fsp3) is 0.562. The molecule has 1 aromatic carbocycles. The number of hydrogen-bond acceptors (Lipinski definition) is 2. The number of nitrogens with zero attached hydrogens (tertiary/aromatic N) is 1. The molecule has 1 unspecified atom stereocenters. The van der Waals surface area contributed by atoms with Gasteiger partial charge in [0.05, 0.1) is 6.54 Å². The first-order valence-corrected chi connectivity index (χ1v) is 7.42. The van der Waals surface area contributed by atoms with Gasteiger partial charge in [-0.3, -0.25) is 10.1 Å². The first-order chi connectivity index (χ1) is 9.34. The summed E-state index contributed by atoms with van der Waals surface area (Å²) >= 11 is 0. The van der Waals surface area contributed by atoms with Crippen molar-refractivity contribution in [2.24, 2.45) is 5.92 Å². The maximum atomic E-state index is 12.1. The van der Waals surface area contributed by atoms with E-state index in [0.717, 1.165) is 6.54 Å². The molecule has 0 bridgehead atoms. The van der Waals surface area contributed by atoms with E-state index >= 15 is 0 Å². The molecule has 19 heavy (non-hydrogen) atoms. The minimum Gasteiger partial charge on any atom is -0.322 e. The monoisotopic (exact) mass is 258 g/mol. The smallest absolute Gasteiger partial charge is 0.238 e. The highest BCUT2D eigenvalue weighted by Crippen LogP contribution is 2.29. The van der Waals surface area contributed by atoms with E-state index in [1.165, 1.54) is 37.7 Å². The lowest BCUT2D eigenvalue weighted by molar-refractivity contribution is -0.128. The van der Waals surface area contributed by atoms with Crippen LogP contribution in [-0.4, -0.2) is 23.9 Å². The lowest BCUT2D eigenvalue weighted by Crippen LogP contribution is -2.35. The average Bonchev–Trinajstić information content (AvgIpc) is 2.82. The Labute approximate surface area is 115 Å². The second-order valence-corrected chi connectivity index (χ2v) is 5.74. The number of carbonyl (C=O) groups is 1. The van der Waals surface area contributed by atoms with Crippen molar-refractivity contribution in [3.63, 3.8) is 0 Å². The molecule has 1 heterocycles. The zero-order valence-corrected chi connectivity index (χ0v) is 11.3. The molecule has 0 radical (unpaired) electrons. The van der Waals surface area contributed by atoms with Crippen molar-refractivity contribution < 1.29 is 4.79 Å². The van der Waals surface area contributed by atoms with Crippen molar-refractivity contribution in [2.75, 3.05) is 13.1 Å². The van der Waals surface area contributed by atoms with E-state index in [4.69, 9.17) is 0 Å². The highest BCUT2D eigenvalue weighted by Gasteiger charge is 2.33. The molecule has 2 aliphatic rings. The summed E-state index contributed by atoms with van der Waals surface area (Å²) in [6.07, 6.45) is 6.67. The molecule has 2 fully saturated rings. The molecule has 3 heteroatoms. The predicted molar refractivity (Wildman–Crippen MR) is 75.5 cm³/mol. The van der Waals surface area contributed by atoms with E-state index in [9.17, 15) is 4.79 Å². The predicted octanol–water partition coefficient (Wildman–Crippen LogP) is 2.70. The Hall–Kier alpha value is -1.35. The summed E-state index contributed by atoms with van der Waals surface area (Å²) in [6.45, 7) is 1.40. The van der Waals surface area contributed by atoms with Crippen LogP contribution in [0.3, 0.4) is 0 Å². The van der Waals surface area contributed by atoms with E-state index in [-0.39, 0.29) is 12.1 Å². The van der Waals surface area contributed by atoms with Crippen molar-refractivity contribution in [1.82, 2.24) is 10.2 Å². The third-order valence-corrected chi connectivity index (χ3v) is 4.37. The zero-order chi connectivity index (χ0) is 13.1. The summed E-state index contributed by atoms with van der Waals surface area (Å²) in [5, 5.41) is 3.34. The van der Waals surface area contributed by atoms with E-state index < -0.39 is 0 Å².